The number of amides is 1. The van der Waals surface area contributed by atoms with Crippen molar-refractivity contribution in [1.29, 1.82) is 0 Å². The van der Waals surface area contributed by atoms with E-state index in [4.69, 9.17) is 21.0 Å². The maximum absolute atomic E-state index is 13.6. The maximum atomic E-state index is 13.6. The van der Waals surface area contributed by atoms with Crippen LogP contribution in [-0.4, -0.2) is 53.2 Å². The minimum absolute atomic E-state index is 0.0323. The summed E-state index contributed by atoms with van der Waals surface area (Å²) in [7, 11) is -2.10. The van der Waals surface area contributed by atoms with Gasteiger partial charge < -0.3 is 14.6 Å². The minimum atomic E-state index is -3.83. The van der Waals surface area contributed by atoms with Gasteiger partial charge in [0.1, 0.15) is 10.9 Å². The molecule has 3 aromatic heterocycles. The van der Waals surface area contributed by atoms with Crippen molar-refractivity contribution in [2.24, 2.45) is 7.05 Å². The van der Waals surface area contributed by atoms with Crippen molar-refractivity contribution in [2.45, 2.75) is 45.6 Å². The topological polar surface area (TPSA) is 152 Å². The fourth-order valence-corrected chi connectivity index (χ4v) is 5.92. The predicted molar refractivity (Wildman–Crippen MR) is 161 cm³/mol. The summed E-state index contributed by atoms with van der Waals surface area (Å²) in [5, 5.41) is 3.75. The van der Waals surface area contributed by atoms with E-state index in [1.165, 1.54) is 6.07 Å². The molecular formula is C28H32ClN7O5S. The number of oxazole rings is 1. The van der Waals surface area contributed by atoms with Gasteiger partial charge in [-0.25, -0.2) is 28.1 Å². The van der Waals surface area contributed by atoms with Crippen LogP contribution in [0.25, 0.3) is 10.9 Å². The fraction of sp³-hybridized carbons (Fsp3) is 0.393. The van der Waals surface area contributed by atoms with Crippen molar-refractivity contribution in [3.8, 4) is 0 Å². The summed E-state index contributed by atoms with van der Waals surface area (Å²) in [5.74, 6) is 1.44. The molecule has 14 heteroatoms. The standard InChI is InChI=1S/C28H32ClN7O5S/c1-15-12-19(16(2)31-21-6-7-23(29)32-25(21)26(37)34-42(5,39)40)24-20(13-15)27(38)35(4)28(33-24)36-10-8-18(9-11-36)22-14-30-17(3)41-22/h6-7,12-14,16,18,31H,8-11H2,1-5H3,(H,34,37)/t16-/m1/s1. The first-order chi connectivity index (χ1) is 19.8. The van der Waals surface area contributed by atoms with Crippen LogP contribution in [-0.2, 0) is 17.1 Å². The molecule has 1 aliphatic rings. The van der Waals surface area contributed by atoms with Crippen molar-refractivity contribution < 1.29 is 17.6 Å². The molecule has 0 spiro atoms. The largest absolute Gasteiger partial charge is 0.446 e. The zero-order valence-corrected chi connectivity index (χ0v) is 25.5. The molecule has 0 aliphatic carbocycles. The predicted octanol–water partition coefficient (Wildman–Crippen LogP) is 3.83. The number of piperidine rings is 1. The number of hydrogen-bond donors (Lipinski definition) is 2. The second-order valence-electron chi connectivity index (χ2n) is 10.7. The Morgan fingerprint density at radius 2 is 1.88 bits per heavy atom. The number of pyridine rings is 1. The van der Waals surface area contributed by atoms with Gasteiger partial charge in [-0.1, -0.05) is 17.7 Å². The second kappa shape index (κ2) is 11.4. The van der Waals surface area contributed by atoms with Crippen LogP contribution in [0.1, 0.15) is 65.0 Å². The van der Waals surface area contributed by atoms with E-state index in [1.54, 1.807) is 23.9 Å². The Morgan fingerprint density at radius 3 is 2.52 bits per heavy atom. The van der Waals surface area contributed by atoms with Crippen LogP contribution in [0.2, 0.25) is 5.15 Å². The highest BCUT2D eigenvalue weighted by molar-refractivity contribution is 7.89. The summed E-state index contributed by atoms with van der Waals surface area (Å²) in [6.07, 6.45) is 4.34. The third kappa shape index (κ3) is 6.12. The Kier molecular flexibility index (Phi) is 7.99. The molecule has 1 saturated heterocycles. The lowest BCUT2D eigenvalue weighted by Crippen LogP contribution is -2.37. The SMILES string of the molecule is Cc1cc([C@@H](C)Nc2ccc(Cl)nc2C(=O)NS(C)(=O)=O)c2nc(N3CCC(c4cnc(C)o4)CC3)n(C)c(=O)c2c1. The quantitative estimate of drug-likeness (QED) is 0.294. The van der Waals surface area contributed by atoms with Gasteiger partial charge in [-0.15, -0.1) is 0 Å². The average molecular weight is 614 g/mol. The summed E-state index contributed by atoms with van der Waals surface area (Å²) in [4.78, 5) is 41.7. The van der Waals surface area contributed by atoms with Gasteiger partial charge in [0, 0.05) is 38.5 Å². The Bertz CT molecular complexity index is 1850. The highest BCUT2D eigenvalue weighted by Crippen LogP contribution is 2.32. The van der Waals surface area contributed by atoms with Gasteiger partial charge in [0.2, 0.25) is 16.0 Å². The zero-order valence-electron chi connectivity index (χ0n) is 23.9. The zero-order chi connectivity index (χ0) is 30.3. The van der Waals surface area contributed by atoms with Crippen molar-refractivity contribution in [2.75, 3.05) is 29.6 Å². The van der Waals surface area contributed by atoms with E-state index in [-0.39, 0.29) is 28.0 Å². The van der Waals surface area contributed by atoms with E-state index in [9.17, 15) is 18.0 Å². The number of hydrogen-bond acceptors (Lipinski definition) is 10. The molecule has 222 valence electrons. The number of sulfonamides is 1. The Morgan fingerprint density at radius 1 is 1.17 bits per heavy atom. The van der Waals surface area contributed by atoms with Crippen LogP contribution in [0.5, 0.6) is 0 Å². The first-order valence-corrected chi connectivity index (χ1v) is 15.7. The number of carbonyl (C=O) groups excluding carboxylic acids is 1. The molecule has 1 aliphatic heterocycles. The summed E-state index contributed by atoms with van der Waals surface area (Å²) >= 11 is 6.02. The Balaban J connectivity index is 1.49. The third-order valence-electron chi connectivity index (χ3n) is 7.34. The normalized spacial score (nSPS) is 15.1. The second-order valence-corrected chi connectivity index (χ2v) is 12.8. The molecule has 42 heavy (non-hydrogen) atoms. The van der Waals surface area contributed by atoms with Crippen LogP contribution >= 0.6 is 11.6 Å². The van der Waals surface area contributed by atoms with E-state index in [1.807, 2.05) is 37.6 Å². The molecule has 1 atom stereocenters. The smallest absolute Gasteiger partial charge is 0.285 e. The number of rotatable bonds is 7. The van der Waals surface area contributed by atoms with Gasteiger partial charge in [0.15, 0.2) is 11.6 Å². The average Bonchev–Trinajstić information content (AvgIpc) is 3.37. The number of aryl methyl sites for hydroxylation is 2. The number of fused-ring (bicyclic) bond motifs is 1. The van der Waals surface area contributed by atoms with E-state index < -0.39 is 22.0 Å². The van der Waals surface area contributed by atoms with Gasteiger partial charge in [0.05, 0.1) is 35.1 Å². The lowest BCUT2D eigenvalue weighted by atomic mass is 9.95. The third-order valence-corrected chi connectivity index (χ3v) is 8.11. The Labute approximate surface area is 248 Å². The van der Waals surface area contributed by atoms with Gasteiger partial charge in [-0.05, 0) is 50.5 Å². The van der Waals surface area contributed by atoms with Crippen LogP contribution in [0, 0.1) is 13.8 Å². The number of nitrogens with zero attached hydrogens (tertiary/aromatic N) is 5. The monoisotopic (exact) mass is 613 g/mol. The number of nitrogens with one attached hydrogen (secondary N) is 2. The molecule has 12 nitrogen and oxygen atoms in total. The maximum Gasteiger partial charge on any atom is 0.285 e. The van der Waals surface area contributed by atoms with Gasteiger partial charge in [0.25, 0.3) is 11.5 Å². The molecule has 0 unspecified atom stereocenters. The molecule has 0 bridgehead atoms. The summed E-state index contributed by atoms with van der Waals surface area (Å²) < 4.78 is 32.6. The number of halogens is 1. The van der Waals surface area contributed by atoms with Crippen molar-refractivity contribution >= 4 is 50.1 Å². The van der Waals surface area contributed by atoms with Crippen molar-refractivity contribution in [3.05, 3.63) is 74.4 Å². The Hall–Kier alpha value is -3.97. The van der Waals surface area contributed by atoms with E-state index in [2.05, 4.69) is 20.2 Å². The van der Waals surface area contributed by atoms with E-state index >= 15 is 0 Å². The van der Waals surface area contributed by atoms with Crippen LogP contribution in [0.3, 0.4) is 0 Å². The molecule has 1 amide bonds. The fourth-order valence-electron chi connectivity index (χ4n) is 5.34. The number of anilines is 2. The number of carbonyl (C=O) groups is 1. The minimum Gasteiger partial charge on any atom is -0.446 e. The molecule has 2 N–H and O–H groups in total. The van der Waals surface area contributed by atoms with Gasteiger partial charge in [-0.3, -0.25) is 14.2 Å². The van der Waals surface area contributed by atoms with Crippen molar-refractivity contribution in [3.63, 3.8) is 0 Å². The van der Waals surface area contributed by atoms with Crippen LogP contribution in [0.4, 0.5) is 11.6 Å². The van der Waals surface area contributed by atoms with Crippen LogP contribution < -0.4 is 20.5 Å². The highest BCUT2D eigenvalue weighted by atomic mass is 35.5. The molecule has 0 radical (unpaired) electrons. The summed E-state index contributed by atoms with van der Waals surface area (Å²) in [6, 6.07) is 6.36. The summed E-state index contributed by atoms with van der Waals surface area (Å²) in [6.45, 7) is 6.98. The molecule has 4 heterocycles. The van der Waals surface area contributed by atoms with Crippen molar-refractivity contribution in [1.82, 2.24) is 24.2 Å². The lowest BCUT2D eigenvalue weighted by molar-refractivity contribution is 0.0977. The molecule has 0 saturated carbocycles. The van der Waals surface area contributed by atoms with Gasteiger partial charge in [-0.2, -0.15) is 0 Å². The molecule has 4 aromatic rings. The van der Waals surface area contributed by atoms with Crippen LogP contribution in [0.15, 0.2) is 39.7 Å². The lowest BCUT2D eigenvalue weighted by Gasteiger charge is -2.33. The summed E-state index contributed by atoms with van der Waals surface area (Å²) in [5.41, 5.74) is 2.07. The molecule has 1 aromatic carbocycles. The molecular weight excluding hydrogens is 582 g/mol. The molecule has 5 rings (SSSR count). The first kappa shape index (κ1) is 29.5. The van der Waals surface area contributed by atoms with E-state index in [0.717, 1.165) is 36.0 Å². The number of aromatic nitrogens is 4. The van der Waals surface area contributed by atoms with Gasteiger partial charge >= 0.3 is 0 Å². The first-order valence-electron chi connectivity index (χ1n) is 13.4. The molecule has 1 fully saturated rings. The number of benzene rings is 1. The van der Waals surface area contributed by atoms with E-state index in [0.29, 0.717) is 35.8 Å². The highest BCUT2D eigenvalue weighted by Gasteiger charge is 2.27.